The first-order valence-corrected chi connectivity index (χ1v) is 8.59. The van der Waals surface area contributed by atoms with Gasteiger partial charge in [-0.25, -0.2) is 9.78 Å². The minimum absolute atomic E-state index is 0.0991. The van der Waals surface area contributed by atoms with Gasteiger partial charge in [0.2, 0.25) is 0 Å². The second-order valence-electron chi connectivity index (χ2n) is 6.66. The van der Waals surface area contributed by atoms with Gasteiger partial charge in [-0.3, -0.25) is 0 Å². The van der Waals surface area contributed by atoms with E-state index in [0.717, 1.165) is 51.0 Å². The highest BCUT2D eigenvalue weighted by molar-refractivity contribution is 5.74. The third-order valence-corrected chi connectivity index (χ3v) is 4.80. The van der Waals surface area contributed by atoms with Gasteiger partial charge in [-0.05, 0) is 43.7 Å². The van der Waals surface area contributed by atoms with Gasteiger partial charge in [-0.1, -0.05) is 12.5 Å². The van der Waals surface area contributed by atoms with Gasteiger partial charge in [0.1, 0.15) is 5.82 Å². The monoisotopic (exact) mass is 318 g/mol. The predicted octanol–water partition coefficient (Wildman–Crippen LogP) is 1.51. The summed E-state index contributed by atoms with van der Waals surface area (Å²) in [5, 5.41) is 15.7. The van der Waals surface area contributed by atoms with E-state index in [1.165, 1.54) is 0 Å². The molecule has 3 unspecified atom stereocenters. The Morgan fingerprint density at radius 3 is 3.04 bits per heavy atom. The molecular formula is C17H26N4O2. The Morgan fingerprint density at radius 2 is 2.26 bits per heavy atom. The smallest absolute Gasteiger partial charge is 0.315 e. The van der Waals surface area contributed by atoms with Crippen molar-refractivity contribution in [3.63, 3.8) is 0 Å². The van der Waals surface area contributed by atoms with E-state index in [1.54, 1.807) is 6.20 Å². The summed E-state index contributed by atoms with van der Waals surface area (Å²) in [5.41, 5.74) is 0. The topological polar surface area (TPSA) is 77.5 Å². The summed E-state index contributed by atoms with van der Waals surface area (Å²) in [6, 6.07) is 5.95. The van der Waals surface area contributed by atoms with Crippen molar-refractivity contribution in [2.24, 2.45) is 5.92 Å². The first-order valence-electron chi connectivity index (χ1n) is 8.59. The SMILES string of the molecule is O=C(NCC1CCCC(O)C1)NC1CCN(c2ccccn2)C1. The van der Waals surface area contributed by atoms with E-state index < -0.39 is 0 Å². The van der Waals surface area contributed by atoms with Crippen LogP contribution in [0.15, 0.2) is 24.4 Å². The maximum Gasteiger partial charge on any atom is 0.315 e. The van der Waals surface area contributed by atoms with E-state index in [0.29, 0.717) is 12.5 Å². The lowest BCUT2D eigenvalue weighted by Crippen LogP contribution is -2.45. The number of carbonyl (C=O) groups is 1. The van der Waals surface area contributed by atoms with Crippen LogP contribution in [-0.2, 0) is 0 Å². The van der Waals surface area contributed by atoms with Gasteiger partial charge in [0.15, 0.2) is 0 Å². The number of aromatic nitrogens is 1. The summed E-state index contributed by atoms with van der Waals surface area (Å²) in [7, 11) is 0. The predicted molar refractivity (Wildman–Crippen MR) is 89.4 cm³/mol. The van der Waals surface area contributed by atoms with E-state index >= 15 is 0 Å². The van der Waals surface area contributed by atoms with Crippen LogP contribution in [0.25, 0.3) is 0 Å². The van der Waals surface area contributed by atoms with Crippen molar-refractivity contribution in [1.82, 2.24) is 15.6 Å². The second kappa shape index (κ2) is 7.64. The molecule has 2 heterocycles. The fourth-order valence-corrected chi connectivity index (χ4v) is 3.55. The molecule has 3 N–H and O–H groups in total. The number of nitrogens with zero attached hydrogens (tertiary/aromatic N) is 2. The number of nitrogens with one attached hydrogen (secondary N) is 2. The van der Waals surface area contributed by atoms with Crippen molar-refractivity contribution in [2.75, 3.05) is 24.5 Å². The van der Waals surface area contributed by atoms with Gasteiger partial charge >= 0.3 is 6.03 Å². The van der Waals surface area contributed by atoms with Gasteiger partial charge < -0.3 is 20.6 Å². The molecule has 3 atom stereocenters. The van der Waals surface area contributed by atoms with E-state index in [-0.39, 0.29) is 18.2 Å². The number of rotatable bonds is 4. The number of amides is 2. The van der Waals surface area contributed by atoms with E-state index in [9.17, 15) is 9.90 Å². The van der Waals surface area contributed by atoms with Crippen LogP contribution in [0.3, 0.4) is 0 Å². The number of pyridine rings is 1. The molecule has 0 radical (unpaired) electrons. The van der Waals surface area contributed by atoms with Crippen LogP contribution in [0.5, 0.6) is 0 Å². The fraction of sp³-hybridized carbons (Fsp3) is 0.647. The van der Waals surface area contributed by atoms with Crippen molar-refractivity contribution in [3.8, 4) is 0 Å². The highest BCUT2D eigenvalue weighted by atomic mass is 16.3. The Kier molecular flexibility index (Phi) is 5.33. The highest BCUT2D eigenvalue weighted by Gasteiger charge is 2.25. The zero-order chi connectivity index (χ0) is 16.1. The minimum Gasteiger partial charge on any atom is -0.393 e. The molecule has 1 aliphatic carbocycles. The zero-order valence-corrected chi connectivity index (χ0v) is 13.4. The third kappa shape index (κ3) is 4.58. The molecule has 2 amide bonds. The first kappa shape index (κ1) is 16.1. The number of carbonyl (C=O) groups excluding carboxylic acids is 1. The van der Waals surface area contributed by atoms with Crippen molar-refractivity contribution < 1.29 is 9.90 Å². The normalized spacial score (nSPS) is 27.7. The zero-order valence-electron chi connectivity index (χ0n) is 13.4. The number of anilines is 1. The molecule has 1 aliphatic heterocycles. The van der Waals surface area contributed by atoms with Gasteiger partial charge in [-0.15, -0.1) is 0 Å². The van der Waals surface area contributed by atoms with Crippen molar-refractivity contribution in [2.45, 2.75) is 44.2 Å². The lowest BCUT2D eigenvalue weighted by molar-refractivity contribution is 0.101. The molecular weight excluding hydrogens is 292 g/mol. The van der Waals surface area contributed by atoms with Crippen LogP contribution in [0.2, 0.25) is 0 Å². The lowest BCUT2D eigenvalue weighted by atomic mass is 9.87. The Labute approximate surface area is 137 Å². The summed E-state index contributed by atoms with van der Waals surface area (Å²) < 4.78 is 0. The molecule has 6 heteroatoms. The standard InChI is InChI=1S/C17H26N4O2/c22-15-5-3-4-13(10-15)11-19-17(23)20-14-7-9-21(12-14)16-6-1-2-8-18-16/h1-2,6,8,13-15,22H,3-5,7,9-12H2,(H2,19,20,23). The molecule has 6 nitrogen and oxygen atoms in total. The molecule has 126 valence electrons. The van der Waals surface area contributed by atoms with Crippen LogP contribution in [0.1, 0.15) is 32.1 Å². The number of aliphatic hydroxyl groups is 1. The molecule has 1 aromatic heterocycles. The van der Waals surface area contributed by atoms with Crippen LogP contribution in [-0.4, -0.2) is 47.9 Å². The highest BCUT2D eigenvalue weighted by Crippen LogP contribution is 2.23. The number of hydrogen-bond donors (Lipinski definition) is 3. The number of aliphatic hydroxyl groups excluding tert-OH is 1. The van der Waals surface area contributed by atoms with Gasteiger partial charge in [-0.2, -0.15) is 0 Å². The fourth-order valence-electron chi connectivity index (χ4n) is 3.55. The number of urea groups is 1. The van der Waals surface area contributed by atoms with E-state index in [1.807, 2.05) is 18.2 Å². The van der Waals surface area contributed by atoms with Crippen molar-refractivity contribution in [3.05, 3.63) is 24.4 Å². The van der Waals surface area contributed by atoms with E-state index in [2.05, 4.69) is 20.5 Å². The molecule has 2 aliphatic rings. The number of hydrogen-bond acceptors (Lipinski definition) is 4. The minimum atomic E-state index is -0.194. The average molecular weight is 318 g/mol. The van der Waals surface area contributed by atoms with Gasteiger partial charge in [0.25, 0.3) is 0 Å². The summed E-state index contributed by atoms with van der Waals surface area (Å²) >= 11 is 0. The van der Waals surface area contributed by atoms with Crippen LogP contribution in [0, 0.1) is 5.92 Å². The Bertz CT molecular complexity index is 511. The van der Waals surface area contributed by atoms with Crippen LogP contribution in [0.4, 0.5) is 10.6 Å². The summed E-state index contributed by atoms with van der Waals surface area (Å²) in [5.74, 6) is 1.37. The molecule has 0 aromatic carbocycles. The summed E-state index contributed by atoms with van der Waals surface area (Å²) in [6.45, 7) is 2.36. The molecule has 1 saturated heterocycles. The Balaban J connectivity index is 1.39. The van der Waals surface area contributed by atoms with Crippen LogP contribution < -0.4 is 15.5 Å². The molecule has 2 fully saturated rings. The summed E-state index contributed by atoms with van der Waals surface area (Å²) in [4.78, 5) is 18.6. The summed E-state index contributed by atoms with van der Waals surface area (Å²) in [6.07, 6.45) is 6.38. The lowest BCUT2D eigenvalue weighted by Gasteiger charge is -2.26. The average Bonchev–Trinajstić information content (AvgIpc) is 3.02. The molecule has 23 heavy (non-hydrogen) atoms. The quantitative estimate of drug-likeness (QED) is 0.786. The van der Waals surface area contributed by atoms with Crippen molar-refractivity contribution in [1.29, 1.82) is 0 Å². The van der Waals surface area contributed by atoms with E-state index in [4.69, 9.17) is 0 Å². The second-order valence-corrected chi connectivity index (χ2v) is 6.66. The van der Waals surface area contributed by atoms with Crippen molar-refractivity contribution >= 4 is 11.8 Å². The molecule has 0 bridgehead atoms. The third-order valence-electron chi connectivity index (χ3n) is 4.80. The largest absolute Gasteiger partial charge is 0.393 e. The van der Waals surface area contributed by atoms with Gasteiger partial charge in [0.05, 0.1) is 6.10 Å². The Morgan fingerprint density at radius 1 is 1.35 bits per heavy atom. The first-order chi connectivity index (χ1) is 11.2. The maximum absolute atomic E-state index is 12.0. The van der Waals surface area contributed by atoms with Crippen LogP contribution >= 0.6 is 0 Å². The van der Waals surface area contributed by atoms with Gasteiger partial charge in [0, 0.05) is 31.9 Å². The molecule has 1 aromatic rings. The molecule has 3 rings (SSSR count). The maximum atomic E-state index is 12.0. The molecule has 1 saturated carbocycles. The molecule has 0 spiro atoms. The Hall–Kier alpha value is -1.82.